The van der Waals surface area contributed by atoms with Crippen LogP contribution in [0.4, 0.5) is 0 Å². The summed E-state index contributed by atoms with van der Waals surface area (Å²) < 4.78 is 1.79. The van der Waals surface area contributed by atoms with E-state index in [2.05, 4.69) is 31.9 Å². The van der Waals surface area contributed by atoms with Crippen LogP contribution in [0.1, 0.15) is 29.6 Å². The number of Topliss-reactive ketones (excluding diaryl/α,β-unsaturated/α-hetero) is 2. The molecular formula is C12H10Br2O2. The van der Waals surface area contributed by atoms with E-state index in [1.165, 1.54) is 0 Å². The maximum atomic E-state index is 12.1. The molecule has 0 radical (unpaired) electrons. The lowest BCUT2D eigenvalue weighted by Crippen LogP contribution is -2.11. The van der Waals surface area contributed by atoms with Crippen LogP contribution in [0.15, 0.2) is 27.1 Å². The highest BCUT2D eigenvalue weighted by molar-refractivity contribution is 9.13. The Labute approximate surface area is 111 Å². The first-order valence-corrected chi connectivity index (χ1v) is 6.67. The maximum Gasteiger partial charge on any atom is 0.166 e. The first-order chi connectivity index (χ1) is 7.58. The molecule has 1 aromatic carbocycles. The van der Waals surface area contributed by atoms with Gasteiger partial charge >= 0.3 is 0 Å². The molecule has 0 N–H and O–H groups in total. The van der Waals surface area contributed by atoms with E-state index in [9.17, 15) is 9.59 Å². The van der Waals surface area contributed by atoms with Gasteiger partial charge in [0.05, 0.1) is 0 Å². The van der Waals surface area contributed by atoms with Crippen LogP contribution in [0.25, 0.3) is 0 Å². The van der Waals surface area contributed by atoms with Gasteiger partial charge in [0, 0.05) is 33.3 Å². The molecule has 1 aliphatic rings. The first kappa shape index (κ1) is 12.0. The van der Waals surface area contributed by atoms with E-state index in [0.717, 1.165) is 8.95 Å². The number of rotatable bonds is 2. The van der Waals surface area contributed by atoms with E-state index in [1.807, 2.05) is 6.07 Å². The molecule has 0 saturated heterocycles. The molecule has 84 valence electrons. The molecule has 1 saturated carbocycles. The van der Waals surface area contributed by atoms with Crippen LogP contribution in [-0.4, -0.2) is 11.6 Å². The summed E-state index contributed by atoms with van der Waals surface area (Å²) in [4.78, 5) is 23.2. The van der Waals surface area contributed by atoms with Gasteiger partial charge in [-0.15, -0.1) is 0 Å². The van der Waals surface area contributed by atoms with Crippen molar-refractivity contribution in [2.45, 2.75) is 19.3 Å². The predicted molar refractivity (Wildman–Crippen MR) is 68.5 cm³/mol. The molecule has 2 nitrogen and oxygen atoms in total. The Morgan fingerprint density at radius 1 is 1.25 bits per heavy atom. The SMILES string of the molecule is O=C1CCC(C(=O)c2ccc(Br)c(Br)c2)C1. The van der Waals surface area contributed by atoms with Gasteiger partial charge in [-0.25, -0.2) is 0 Å². The summed E-state index contributed by atoms with van der Waals surface area (Å²) in [6.45, 7) is 0. The van der Waals surface area contributed by atoms with E-state index >= 15 is 0 Å². The number of carbonyl (C=O) groups excluding carboxylic acids is 2. The molecule has 2 rings (SSSR count). The minimum Gasteiger partial charge on any atom is -0.300 e. The van der Waals surface area contributed by atoms with E-state index in [4.69, 9.17) is 0 Å². The highest BCUT2D eigenvalue weighted by Gasteiger charge is 2.28. The molecule has 0 amide bonds. The molecule has 1 fully saturated rings. The van der Waals surface area contributed by atoms with Crippen molar-refractivity contribution >= 4 is 43.4 Å². The normalized spacial score (nSPS) is 20.1. The molecule has 4 heteroatoms. The Morgan fingerprint density at radius 2 is 2.00 bits per heavy atom. The van der Waals surface area contributed by atoms with Crippen molar-refractivity contribution in [1.29, 1.82) is 0 Å². The quantitative estimate of drug-likeness (QED) is 0.765. The van der Waals surface area contributed by atoms with Crippen LogP contribution < -0.4 is 0 Å². The van der Waals surface area contributed by atoms with E-state index in [1.54, 1.807) is 12.1 Å². The van der Waals surface area contributed by atoms with Gasteiger partial charge < -0.3 is 0 Å². The van der Waals surface area contributed by atoms with Crippen LogP contribution in [-0.2, 0) is 4.79 Å². The van der Waals surface area contributed by atoms with Crippen LogP contribution >= 0.6 is 31.9 Å². The summed E-state index contributed by atoms with van der Waals surface area (Å²) in [5.74, 6) is 0.175. The van der Waals surface area contributed by atoms with Crippen molar-refractivity contribution in [2.75, 3.05) is 0 Å². The Balaban J connectivity index is 2.21. The second-order valence-corrected chi connectivity index (χ2v) is 5.68. The fraction of sp³-hybridized carbons (Fsp3) is 0.333. The third kappa shape index (κ3) is 2.43. The fourth-order valence-corrected chi connectivity index (χ4v) is 2.55. The largest absolute Gasteiger partial charge is 0.300 e. The highest BCUT2D eigenvalue weighted by Crippen LogP contribution is 2.29. The minimum absolute atomic E-state index is 0.0825. The summed E-state index contributed by atoms with van der Waals surface area (Å²) in [5, 5.41) is 0. The third-order valence-corrected chi connectivity index (χ3v) is 4.70. The van der Waals surface area contributed by atoms with E-state index < -0.39 is 0 Å². The van der Waals surface area contributed by atoms with E-state index in [0.29, 0.717) is 24.8 Å². The number of halogens is 2. The Kier molecular flexibility index (Phi) is 3.60. The van der Waals surface area contributed by atoms with Gasteiger partial charge in [-0.2, -0.15) is 0 Å². The van der Waals surface area contributed by atoms with Gasteiger partial charge in [0.1, 0.15) is 5.78 Å². The zero-order chi connectivity index (χ0) is 11.7. The number of hydrogen-bond acceptors (Lipinski definition) is 2. The van der Waals surface area contributed by atoms with Crippen molar-refractivity contribution in [3.8, 4) is 0 Å². The maximum absolute atomic E-state index is 12.1. The third-order valence-electron chi connectivity index (χ3n) is 2.82. The molecule has 0 aliphatic heterocycles. The Bertz CT molecular complexity index is 454. The average Bonchev–Trinajstić information content (AvgIpc) is 2.68. The van der Waals surface area contributed by atoms with Gasteiger partial charge in [-0.3, -0.25) is 9.59 Å². The van der Waals surface area contributed by atoms with Gasteiger partial charge in [0.15, 0.2) is 5.78 Å². The molecular weight excluding hydrogens is 336 g/mol. The lowest BCUT2D eigenvalue weighted by atomic mass is 9.96. The highest BCUT2D eigenvalue weighted by atomic mass is 79.9. The van der Waals surface area contributed by atoms with Gasteiger partial charge in [0.2, 0.25) is 0 Å². The molecule has 0 spiro atoms. The van der Waals surface area contributed by atoms with Crippen molar-refractivity contribution in [3.05, 3.63) is 32.7 Å². The topological polar surface area (TPSA) is 34.1 Å². The van der Waals surface area contributed by atoms with E-state index in [-0.39, 0.29) is 17.5 Å². The molecule has 1 unspecified atom stereocenters. The lowest BCUT2D eigenvalue weighted by Gasteiger charge is -2.07. The molecule has 16 heavy (non-hydrogen) atoms. The smallest absolute Gasteiger partial charge is 0.166 e. The minimum atomic E-state index is -0.111. The average molecular weight is 346 g/mol. The fourth-order valence-electron chi connectivity index (χ4n) is 1.92. The monoisotopic (exact) mass is 344 g/mol. The summed E-state index contributed by atoms with van der Waals surface area (Å²) in [5.41, 5.74) is 0.676. The van der Waals surface area contributed by atoms with Crippen LogP contribution in [0, 0.1) is 5.92 Å². The first-order valence-electron chi connectivity index (χ1n) is 5.09. The van der Waals surface area contributed by atoms with Gasteiger partial charge in [0.25, 0.3) is 0 Å². The van der Waals surface area contributed by atoms with Gasteiger partial charge in [-0.05, 0) is 50.4 Å². The van der Waals surface area contributed by atoms with Crippen molar-refractivity contribution in [2.24, 2.45) is 5.92 Å². The van der Waals surface area contributed by atoms with Gasteiger partial charge in [-0.1, -0.05) is 6.07 Å². The Hall–Kier alpha value is -0.480. The van der Waals surface area contributed by atoms with Crippen LogP contribution in [0.2, 0.25) is 0 Å². The molecule has 0 heterocycles. The van der Waals surface area contributed by atoms with Crippen molar-refractivity contribution in [3.63, 3.8) is 0 Å². The zero-order valence-electron chi connectivity index (χ0n) is 8.50. The Morgan fingerprint density at radius 3 is 2.56 bits per heavy atom. The summed E-state index contributed by atoms with van der Waals surface area (Å²) in [7, 11) is 0. The standard InChI is InChI=1S/C12H10Br2O2/c13-10-4-2-8(6-11(10)14)12(16)7-1-3-9(15)5-7/h2,4,6-7H,1,3,5H2. The number of ketones is 2. The summed E-state index contributed by atoms with van der Waals surface area (Å²) in [6.07, 6.45) is 1.66. The molecule has 1 aromatic rings. The van der Waals surface area contributed by atoms with Crippen LogP contribution in [0.3, 0.4) is 0 Å². The molecule has 0 aromatic heterocycles. The number of benzene rings is 1. The van der Waals surface area contributed by atoms with Crippen molar-refractivity contribution in [1.82, 2.24) is 0 Å². The van der Waals surface area contributed by atoms with Crippen molar-refractivity contribution < 1.29 is 9.59 Å². The predicted octanol–water partition coefficient (Wildman–Crippen LogP) is 3.76. The molecule has 1 atom stereocenters. The second kappa shape index (κ2) is 4.80. The van der Waals surface area contributed by atoms with Crippen LogP contribution in [0.5, 0.6) is 0 Å². The summed E-state index contributed by atoms with van der Waals surface area (Å²) >= 11 is 6.73. The lowest BCUT2D eigenvalue weighted by molar-refractivity contribution is -0.117. The molecule has 1 aliphatic carbocycles. The molecule has 0 bridgehead atoms. The number of hydrogen-bond donors (Lipinski definition) is 0. The second-order valence-electron chi connectivity index (χ2n) is 3.97. The summed E-state index contributed by atoms with van der Waals surface area (Å²) in [6, 6.07) is 5.43. The number of carbonyl (C=O) groups is 2. The zero-order valence-corrected chi connectivity index (χ0v) is 11.7.